The van der Waals surface area contributed by atoms with Crippen LogP contribution in [0.4, 0.5) is 5.69 Å². The molecule has 0 saturated carbocycles. The highest BCUT2D eigenvalue weighted by molar-refractivity contribution is 7.80. The van der Waals surface area contributed by atoms with Crippen LogP contribution in [0.25, 0.3) is 0 Å². The molecule has 70 valence electrons. The van der Waals surface area contributed by atoms with Gasteiger partial charge in [-0.3, -0.25) is 0 Å². The predicted octanol–water partition coefficient (Wildman–Crippen LogP) is 2.76. The number of rotatable bonds is 2. The molecular formula is C10H13NOS. The van der Waals surface area contributed by atoms with E-state index in [1.165, 1.54) is 0 Å². The first-order valence-electron chi connectivity index (χ1n) is 4.06. The van der Waals surface area contributed by atoms with Crippen molar-refractivity contribution in [1.82, 2.24) is 0 Å². The molecule has 0 spiro atoms. The Morgan fingerprint density at radius 3 is 2.69 bits per heavy atom. The van der Waals surface area contributed by atoms with Gasteiger partial charge in [0.05, 0.1) is 17.8 Å². The third kappa shape index (κ3) is 2.42. The lowest BCUT2D eigenvalue weighted by Gasteiger charge is -2.12. The smallest absolute Gasteiger partial charge is 0.142 e. The number of benzene rings is 1. The van der Waals surface area contributed by atoms with Crippen LogP contribution in [0.15, 0.2) is 18.2 Å². The van der Waals surface area contributed by atoms with Crippen LogP contribution in [0.2, 0.25) is 0 Å². The van der Waals surface area contributed by atoms with Crippen molar-refractivity contribution in [3.63, 3.8) is 0 Å². The Morgan fingerprint density at radius 1 is 1.46 bits per heavy atom. The average molecular weight is 195 g/mol. The van der Waals surface area contributed by atoms with Crippen LogP contribution in [-0.2, 0) is 0 Å². The number of aryl methyl sites for hydroxylation is 1. The standard InChI is InChI=1S/C10H13NOS/c1-7-5-4-6-9(12-3)10(7)11-8(2)13/h4-6H,1-3H3,(H,11,13). The van der Waals surface area contributed by atoms with Gasteiger partial charge in [0.2, 0.25) is 0 Å². The Balaban J connectivity index is 3.07. The van der Waals surface area contributed by atoms with E-state index in [0.717, 1.165) is 22.0 Å². The van der Waals surface area contributed by atoms with Gasteiger partial charge in [0.15, 0.2) is 0 Å². The first-order chi connectivity index (χ1) is 6.15. The van der Waals surface area contributed by atoms with E-state index >= 15 is 0 Å². The van der Waals surface area contributed by atoms with Crippen LogP contribution in [0.1, 0.15) is 12.5 Å². The second-order valence-electron chi connectivity index (χ2n) is 2.83. The topological polar surface area (TPSA) is 21.3 Å². The number of hydrogen-bond acceptors (Lipinski definition) is 2. The molecule has 0 aromatic heterocycles. The first-order valence-corrected chi connectivity index (χ1v) is 4.47. The highest BCUT2D eigenvalue weighted by Gasteiger charge is 2.04. The second kappa shape index (κ2) is 4.23. The maximum absolute atomic E-state index is 5.20. The Bertz CT molecular complexity index is 323. The van der Waals surface area contributed by atoms with E-state index in [1.807, 2.05) is 32.0 Å². The lowest BCUT2D eigenvalue weighted by Crippen LogP contribution is -2.06. The van der Waals surface area contributed by atoms with Gasteiger partial charge in [0.25, 0.3) is 0 Å². The first kappa shape index (κ1) is 9.99. The average Bonchev–Trinajstić information content (AvgIpc) is 2.08. The Labute approximate surface area is 83.9 Å². The molecule has 0 heterocycles. The number of para-hydroxylation sites is 1. The number of methoxy groups -OCH3 is 1. The molecule has 0 aliphatic heterocycles. The van der Waals surface area contributed by atoms with Gasteiger partial charge in [-0.25, -0.2) is 0 Å². The van der Waals surface area contributed by atoms with E-state index in [4.69, 9.17) is 17.0 Å². The van der Waals surface area contributed by atoms with Crippen LogP contribution >= 0.6 is 12.2 Å². The number of nitrogens with one attached hydrogen (secondary N) is 1. The fraction of sp³-hybridized carbons (Fsp3) is 0.300. The van der Waals surface area contributed by atoms with Crippen molar-refractivity contribution in [3.05, 3.63) is 23.8 Å². The van der Waals surface area contributed by atoms with E-state index < -0.39 is 0 Å². The zero-order chi connectivity index (χ0) is 9.84. The van der Waals surface area contributed by atoms with Crippen LogP contribution < -0.4 is 10.1 Å². The van der Waals surface area contributed by atoms with Crippen LogP contribution in [0.3, 0.4) is 0 Å². The molecule has 0 aliphatic carbocycles. The number of thiocarbonyl (C=S) groups is 1. The molecule has 0 unspecified atom stereocenters. The van der Waals surface area contributed by atoms with Crippen molar-refractivity contribution in [3.8, 4) is 5.75 Å². The monoisotopic (exact) mass is 195 g/mol. The van der Waals surface area contributed by atoms with Gasteiger partial charge in [-0.1, -0.05) is 24.4 Å². The van der Waals surface area contributed by atoms with Crippen LogP contribution in [-0.4, -0.2) is 12.1 Å². The minimum Gasteiger partial charge on any atom is -0.495 e. The summed E-state index contributed by atoms with van der Waals surface area (Å²) in [6.07, 6.45) is 0. The molecule has 1 rings (SSSR count). The van der Waals surface area contributed by atoms with Crippen molar-refractivity contribution in [1.29, 1.82) is 0 Å². The zero-order valence-electron chi connectivity index (χ0n) is 8.05. The highest BCUT2D eigenvalue weighted by atomic mass is 32.1. The molecule has 1 aromatic carbocycles. The summed E-state index contributed by atoms with van der Waals surface area (Å²) in [7, 11) is 1.65. The molecule has 0 bridgehead atoms. The largest absolute Gasteiger partial charge is 0.495 e. The number of hydrogen-bond donors (Lipinski definition) is 1. The van der Waals surface area contributed by atoms with Crippen molar-refractivity contribution in [2.75, 3.05) is 12.4 Å². The minimum absolute atomic E-state index is 0.743. The second-order valence-corrected chi connectivity index (χ2v) is 3.45. The molecule has 13 heavy (non-hydrogen) atoms. The third-order valence-electron chi connectivity index (χ3n) is 1.76. The van der Waals surface area contributed by atoms with Gasteiger partial charge < -0.3 is 10.1 Å². The zero-order valence-corrected chi connectivity index (χ0v) is 8.87. The number of ether oxygens (including phenoxy) is 1. The molecule has 0 aliphatic rings. The highest BCUT2D eigenvalue weighted by Crippen LogP contribution is 2.27. The van der Waals surface area contributed by atoms with E-state index in [9.17, 15) is 0 Å². The van der Waals surface area contributed by atoms with E-state index in [2.05, 4.69) is 5.32 Å². The van der Waals surface area contributed by atoms with Gasteiger partial charge in [0.1, 0.15) is 5.75 Å². The lowest BCUT2D eigenvalue weighted by molar-refractivity contribution is 0.416. The van der Waals surface area contributed by atoms with E-state index in [0.29, 0.717) is 0 Å². The Morgan fingerprint density at radius 2 is 2.15 bits per heavy atom. The van der Waals surface area contributed by atoms with Crippen molar-refractivity contribution in [2.24, 2.45) is 0 Å². The molecular weight excluding hydrogens is 182 g/mol. The molecule has 0 saturated heterocycles. The number of anilines is 1. The summed E-state index contributed by atoms with van der Waals surface area (Å²) in [5.41, 5.74) is 2.08. The maximum atomic E-state index is 5.20. The molecule has 0 amide bonds. The Kier molecular flexibility index (Phi) is 3.25. The van der Waals surface area contributed by atoms with Gasteiger partial charge in [-0.15, -0.1) is 0 Å². The normalized spacial score (nSPS) is 9.46. The quantitative estimate of drug-likeness (QED) is 0.733. The SMILES string of the molecule is COc1cccc(C)c1NC(C)=S. The van der Waals surface area contributed by atoms with E-state index in [1.54, 1.807) is 7.11 Å². The summed E-state index contributed by atoms with van der Waals surface area (Å²) >= 11 is 4.98. The molecule has 0 fully saturated rings. The predicted molar refractivity (Wildman–Crippen MR) is 59.6 cm³/mol. The fourth-order valence-corrected chi connectivity index (χ4v) is 1.25. The summed E-state index contributed by atoms with van der Waals surface area (Å²) in [5, 5.41) is 3.10. The van der Waals surface area contributed by atoms with Crippen molar-refractivity contribution < 1.29 is 4.74 Å². The van der Waals surface area contributed by atoms with Crippen molar-refractivity contribution in [2.45, 2.75) is 13.8 Å². The molecule has 0 atom stereocenters. The minimum atomic E-state index is 0.743. The summed E-state index contributed by atoms with van der Waals surface area (Å²) in [4.78, 5) is 0.743. The van der Waals surface area contributed by atoms with E-state index in [-0.39, 0.29) is 0 Å². The summed E-state index contributed by atoms with van der Waals surface area (Å²) < 4.78 is 5.20. The lowest BCUT2D eigenvalue weighted by atomic mass is 10.2. The molecule has 1 aromatic rings. The summed E-state index contributed by atoms with van der Waals surface area (Å²) in [5.74, 6) is 0.823. The van der Waals surface area contributed by atoms with Crippen LogP contribution in [0.5, 0.6) is 5.75 Å². The van der Waals surface area contributed by atoms with Gasteiger partial charge >= 0.3 is 0 Å². The fourth-order valence-electron chi connectivity index (χ4n) is 1.15. The molecule has 1 N–H and O–H groups in total. The Hall–Kier alpha value is -1.09. The van der Waals surface area contributed by atoms with Gasteiger partial charge in [-0.05, 0) is 25.5 Å². The molecule has 2 nitrogen and oxygen atoms in total. The third-order valence-corrected chi connectivity index (χ3v) is 1.86. The molecule has 0 radical (unpaired) electrons. The summed E-state index contributed by atoms with van der Waals surface area (Å²) in [6, 6.07) is 5.88. The summed E-state index contributed by atoms with van der Waals surface area (Å²) in [6.45, 7) is 3.87. The maximum Gasteiger partial charge on any atom is 0.142 e. The van der Waals surface area contributed by atoms with Gasteiger partial charge in [0, 0.05) is 0 Å². The van der Waals surface area contributed by atoms with Crippen LogP contribution in [0, 0.1) is 6.92 Å². The molecule has 3 heteroatoms. The van der Waals surface area contributed by atoms with Gasteiger partial charge in [-0.2, -0.15) is 0 Å². The van der Waals surface area contributed by atoms with Crippen molar-refractivity contribution >= 4 is 22.9 Å².